The van der Waals surface area contributed by atoms with Gasteiger partial charge in [-0.05, 0) is 44.2 Å². The molecule has 0 aliphatic heterocycles. The second kappa shape index (κ2) is 7.22. The number of nitrogens with zero attached hydrogens (tertiary/aromatic N) is 4. The van der Waals surface area contributed by atoms with Crippen molar-refractivity contribution in [3.63, 3.8) is 0 Å². The van der Waals surface area contributed by atoms with Gasteiger partial charge in [-0.3, -0.25) is 19.0 Å². The molecule has 2 heterocycles. The molecule has 0 spiro atoms. The summed E-state index contributed by atoms with van der Waals surface area (Å²) in [6, 6.07) is 8.54. The Bertz CT molecular complexity index is 939. The summed E-state index contributed by atoms with van der Waals surface area (Å²) in [5.41, 5.74) is 2.96. The fraction of sp³-hybridized carbons (Fsp3) is 0.222. The summed E-state index contributed by atoms with van der Waals surface area (Å²) in [4.78, 5) is 24.4. The van der Waals surface area contributed by atoms with E-state index in [0.29, 0.717) is 29.2 Å². The zero-order chi connectivity index (χ0) is 18.7. The van der Waals surface area contributed by atoms with Crippen molar-refractivity contribution in [1.29, 1.82) is 0 Å². The van der Waals surface area contributed by atoms with E-state index in [9.17, 15) is 9.59 Å². The molecule has 1 aromatic carbocycles. The van der Waals surface area contributed by atoms with Crippen molar-refractivity contribution in [3.05, 3.63) is 59.7 Å². The highest BCUT2D eigenvalue weighted by molar-refractivity contribution is 6.05. The molecule has 0 fully saturated rings. The molecule has 2 N–H and O–H groups in total. The van der Waals surface area contributed by atoms with Crippen LogP contribution in [0.15, 0.2) is 42.7 Å². The molecule has 134 valence electrons. The monoisotopic (exact) mass is 352 g/mol. The standard InChI is InChI=1S/C18H20N6O2/c1-4-24-12(2)15(11-19-24)17(25)20-13-5-7-14(8-6-13)21-18(26)16-9-10-23(3)22-16/h5-11H,4H2,1-3H3,(H,20,25)(H,21,26). The van der Waals surface area contributed by atoms with Crippen LogP contribution in [0.1, 0.15) is 33.5 Å². The number of aromatic nitrogens is 4. The highest BCUT2D eigenvalue weighted by Crippen LogP contribution is 2.16. The Morgan fingerprint density at radius 3 is 2.15 bits per heavy atom. The number of carbonyl (C=O) groups excluding carboxylic acids is 2. The third-order valence-electron chi connectivity index (χ3n) is 3.99. The Morgan fingerprint density at radius 2 is 1.65 bits per heavy atom. The van der Waals surface area contributed by atoms with Crippen LogP contribution in [-0.2, 0) is 13.6 Å². The van der Waals surface area contributed by atoms with Gasteiger partial charge in [0.1, 0.15) is 0 Å². The van der Waals surface area contributed by atoms with Gasteiger partial charge >= 0.3 is 0 Å². The SMILES string of the molecule is CCn1ncc(C(=O)Nc2ccc(NC(=O)c3ccn(C)n3)cc2)c1C. The number of aryl methyl sites for hydroxylation is 2. The van der Waals surface area contributed by atoms with E-state index in [2.05, 4.69) is 20.8 Å². The van der Waals surface area contributed by atoms with Crippen molar-refractivity contribution >= 4 is 23.2 Å². The van der Waals surface area contributed by atoms with E-state index in [1.54, 1.807) is 59.1 Å². The minimum absolute atomic E-state index is 0.215. The number of rotatable bonds is 5. The molecule has 0 aliphatic carbocycles. The van der Waals surface area contributed by atoms with Crippen molar-refractivity contribution < 1.29 is 9.59 Å². The molecule has 2 amide bonds. The quantitative estimate of drug-likeness (QED) is 0.737. The van der Waals surface area contributed by atoms with Crippen LogP contribution in [0, 0.1) is 6.92 Å². The summed E-state index contributed by atoms with van der Waals surface area (Å²) in [5, 5.41) is 13.8. The maximum Gasteiger partial charge on any atom is 0.276 e. The van der Waals surface area contributed by atoms with Crippen LogP contribution < -0.4 is 10.6 Å². The number of hydrogen-bond acceptors (Lipinski definition) is 4. The molecular weight excluding hydrogens is 332 g/mol. The minimum Gasteiger partial charge on any atom is -0.322 e. The third-order valence-corrected chi connectivity index (χ3v) is 3.99. The number of anilines is 2. The first-order valence-electron chi connectivity index (χ1n) is 8.22. The Morgan fingerprint density at radius 1 is 1.04 bits per heavy atom. The third kappa shape index (κ3) is 3.64. The van der Waals surface area contributed by atoms with Crippen molar-refractivity contribution in [3.8, 4) is 0 Å². The number of carbonyl (C=O) groups is 2. The maximum atomic E-state index is 12.4. The second-order valence-electron chi connectivity index (χ2n) is 5.82. The summed E-state index contributed by atoms with van der Waals surface area (Å²) in [5.74, 6) is -0.502. The van der Waals surface area contributed by atoms with E-state index < -0.39 is 0 Å². The average Bonchev–Trinajstić information content (AvgIpc) is 3.22. The Kier molecular flexibility index (Phi) is 4.83. The first-order valence-corrected chi connectivity index (χ1v) is 8.22. The molecule has 0 aliphatic rings. The second-order valence-corrected chi connectivity index (χ2v) is 5.82. The van der Waals surface area contributed by atoms with E-state index in [1.807, 2.05) is 13.8 Å². The molecule has 3 aromatic rings. The Balaban J connectivity index is 1.64. The lowest BCUT2D eigenvalue weighted by molar-refractivity contribution is 0.101. The van der Waals surface area contributed by atoms with Crippen molar-refractivity contribution in [2.24, 2.45) is 7.05 Å². The molecule has 0 unspecified atom stereocenters. The van der Waals surface area contributed by atoms with Crippen LogP contribution in [-0.4, -0.2) is 31.4 Å². The summed E-state index contributed by atoms with van der Waals surface area (Å²) in [6.07, 6.45) is 3.27. The van der Waals surface area contributed by atoms with Gasteiger partial charge in [0.15, 0.2) is 5.69 Å². The zero-order valence-corrected chi connectivity index (χ0v) is 14.9. The van der Waals surface area contributed by atoms with Crippen molar-refractivity contribution in [1.82, 2.24) is 19.6 Å². The zero-order valence-electron chi connectivity index (χ0n) is 14.9. The molecule has 8 heteroatoms. The summed E-state index contributed by atoms with van der Waals surface area (Å²) in [6.45, 7) is 4.55. The Labute approximate surface area is 150 Å². The molecule has 3 rings (SSSR count). The van der Waals surface area contributed by atoms with E-state index in [4.69, 9.17) is 0 Å². The van der Waals surface area contributed by atoms with Gasteiger partial charge in [0.25, 0.3) is 11.8 Å². The molecule has 8 nitrogen and oxygen atoms in total. The van der Waals surface area contributed by atoms with Crippen LogP contribution in [0.25, 0.3) is 0 Å². The predicted octanol–water partition coefficient (Wildman–Crippen LogP) is 2.45. The minimum atomic E-state index is -0.287. The molecule has 26 heavy (non-hydrogen) atoms. The fourth-order valence-electron chi connectivity index (χ4n) is 2.55. The lowest BCUT2D eigenvalue weighted by atomic mass is 10.2. The first-order chi connectivity index (χ1) is 12.5. The lowest BCUT2D eigenvalue weighted by Crippen LogP contribution is -2.14. The van der Waals surface area contributed by atoms with Gasteiger partial charge in [-0.15, -0.1) is 0 Å². The largest absolute Gasteiger partial charge is 0.322 e. The van der Waals surface area contributed by atoms with Gasteiger partial charge in [0, 0.05) is 36.9 Å². The number of hydrogen-bond donors (Lipinski definition) is 2. The summed E-state index contributed by atoms with van der Waals surface area (Å²) in [7, 11) is 1.75. The fourth-order valence-corrected chi connectivity index (χ4v) is 2.55. The van der Waals surface area contributed by atoms with Gasteiger partial charge in [0.05, 0.1) is 11.8 Å². The van der Waals surface area contributed by atoms with E-state index in [1.165, 1.54) is 0 Å². The van der Waals surface area contributed by atoms with Gasteiger partial charge in [-0.25, -0.2) is 0 Å². The molecule has 0 saturated carbocycles. The van der Waals surface area contributed by atoms with Crippen LogP contribution in [0.3, 0.4) is 0 Å². The maximum absolute atomic E-state index is 12.4. The van der Waals surface area contributed by atoms with Crippen LogP contribution >= 0.6 is 0 Å². The predicted molar refractivity (Wildman–Crippen MR) is 98.2 cm³/mol. The number of nitrogens with one attached hydrogen (secondary N) is 2. The Hall–Kier alpha value is -3.42. The molecule has 2 aromatic heterocycles. The molecule has 0 atom stereocenters. The summed E-state index contributed by atoms with van der Waals surface area (Å²) < 4.78 is 3.33. The van der Waals surface area contributed by atoms with Gasteiger partial charge in [-0.2, -0.15) is 10.2 Å². The summed E-state index contributed by atoms with van der Waals surface area (Å²) >= 11 is 0. The van der Waals surface area contributed by atoms with E-state index >= 15 is 0 Å². The average molecular weight is 352 g/mol. The van der Waals surface area contributed by atoms with Crippen LogP contribution in [0.5, 0.6) is 0 Å². The van der Waals surface area contributed by atoms with Crippen LogP contribution in [0.2, 0.25) is 0 Å². The topological polar surface area (TPSA) is 93.8 Å². The molecule has 0 saturated heterocycles. The smallest absolute Gasteiger partial charge is 0.276 e. The number of benzene rings is 1. The molecule has 0 radical (unpaired) electrons. The lowest BCUT2D eigenvalue weighted by Gasteiger charge is -2.07. The van der Waals surface area contributed by atoms with Gasteiger partial charge < -0.3 is 10.6 Å². The van der Waals surface area contributed by atoms with E-state index in [0.717, 1.165) is 5.69 Å². The number of amides is 2. The van der Waals surface area contributed by atoms with Gasteiger partial charge in [0.2, 0.25) is 0 Å². The molecular formula is C18H20N6O2. The first kappa shape index (κ1) is 17.4. The molecule has 0 bridgehead atoms. The van der Waals surface area contributed by atoms with Crippen LogP contribution in [0.4, 0.5) is 11.4 Å². The highest BCUT2D eigenvalue weighted by Gasteiger charge is 2.14. The normalized spacial score (nSPS) is 10.6. The van der Waals surface area contributed by atoms with Gasteiger partial charge in [-0.1, -0.05) is 0 Å². The highest BCUT2D eigenvalue weighted by atomic mass is 16.2. The van der Waals surface area contributed by atoms with E-state index in [-0.39, 0.29) is 11.8 Å². The van der Waals surface area contributed by atoms with Crippen molar-refractivity contribution in [2.75, 3.05) is 10.6 Å². The van der Waals surface area contributed by atoms with Crippen molar-refractivity contribution in [2.45, 2.75) is 20.4 Å².